The quantitative estimate of drug-likeness (QED) is 0.862. The third kappa shape index (κ3) is 2.25. The van der Waals surface area contributed by atoms with Crippen LogP contribution in [0.1, 0.15) is 17.7 Å². The summed E-state index contributed by atoms with van der Waals surface area (Å²) in [5.74, 6) is 0. The molecule has 1 aliphatic rings. The minimum atomic E-state index is 0.552. The van der Waals surface area contributed by atoms with Crippen molar-refractivity contribution in [3.8, 4) is 0 Å². The maximum atomic E-state index is 5.78. The van der Waals surface area contributed by atoms with Gasteiger partial charge >= 0.3 is 0 Å². The smallest absolute Gasteiger partial charge is 0.183 e. The van der Waals surface area contributed by atoms with E-state index in [1.54, 1.807) is 11.3 Å². The van der Waals surface area contributed by atoms with E-state index in [0.717, 1.165) is 19.6 Å². The van der Waals surface area contributed by atoms with Crippen LogP contribution < -0.4 is 5.73 Å². The third-order valence-corrected chi connectivity index (χ3v) is 3.76. The van der Waals surface area contributed by atoms with E-state index in [-0.39, 0.29) is 0 Å². The molecular formula is C9H14ClN3S. The molecule has 0 aromatic carbocycles. The highest BCUT2D eigenvalue weighted by molar-refractivity contribution is 7.15. The SMILES string of the molecule is NC[C@@H]1CCCN1Cc1cnc(Cl)s1. The van der Waals surface area contributed by atoms with Gasteiger partial charge in [-0.2, -0.15) is 0 Å². The molecule has 1 aromatic heterocycles. The second-order valence-electron chi connectivity index (χ2n) is 3.58. The van der Waals surface area contributed by atoms with Crippen molar-refractivity contribution in [3.05, 3.63) is 15.5 Å². The predicted molar refractivity (Wildman–Crippen MR) is 59.6 cm³/mol. The zero-order valence-corrected chi connectivity index (χ0v) is 9.52. The van der Waals surface area contributed by atoms with Crippen molar-refractivity contribution >= 4 is 22.9 Å². The molecule has 1 atom stereocenters. The van der Waals surface area contributed by atoms with Crippen molar-refractivity contribution < 1.29 is 0 Å². The van der Waals surface area contributed by atoms with Crippen LogP contribution in [0.15, 0.2) is 6.20 Å². The van der Waals surface area contributed by atoms with Gasteiger partial charge in [0.2, 0.25) is 0 Å². The van der Waals surface area contributed by atoms with Gasteiger partial charge in [-0.15, -0.1) is 11.3 Å². The lowest BCUT2D eigenvalue weighted by molar-refractivity contribution is 0.252. The molecule has 0 spiro atoms. The maximum Gasteiger partial charge on any atom is 0.183 e. The van der Waals surface area contributed by atoms with Crippen molar-refractivity contribution in [3.63, 3.8) is 0 Å². The number of nitrogens with two attached hydrogens (primary N) is 1. The van der Waals surface area contributed by atoms with Gasteiger partial charge in [0.1, 0.15) is 0 Å². The molecule has 1 saturated heterocycles. The van der Waals surface area contributed by atoms with Gasteiger partial charge in [-0.05, 0) is 19.4 Å². The topological polar surface area (TPSA) is 42.1 Å². The Labute approximate surface area is 92.9 Å². The summed E-state index contributed by atoms with van der Waals surface area (Å²) in [6, 6.07) is 0.552. The highest BCUT2D eigenvalue weighted by Gasteiger charge is 2.23. The molecule has 2 rings (SSSR count). The van der Waals surface area contributed by atoms with Gasteiger partial charge in [-0.3, -0.25) is 4.90 Å². The number of aromatic nitrogens is 1. The Balaban J connectivity index is 1.96. The Morgan fingerprint density at radius 3 is 3.21 bits per heavy atom. The zero-order chi connectivity index (χ0) is 9.97. The number of rotatable bonds is 3. The number of hydrogen-bond acceptors (Lipinski definition) is 4. The van der Waals surface area contributed by atoms with Crippen LogP contribution in [0.4, 0.5) is 0 Å². The molecule has 78 valence electrons. The molecule has 0 unspecified atom stereocenters. The Bertz CT molecular complexity index is 302. The van der Waals surface area contributed by atoms with Gasteiger partial charge in [0.05, 0.1) is 0 Å². The Morgan fingerprint density at radius 1 is 1.71 bits per heavy atom. The largest absolute Gasteiger partial charge is 0.329 e. The van der Waals surface area contributed by atoms with Gasteiger partial charge in [0.25, 0.3) is 0 Å². The normalized spacial score (nSPS) is 23.1. The summed E-state index contributed by atoms with van der Waals surface area (Å²) in [5, 5.41) is 0. The molecular weight excluding hydrogens is 218 g/mol. The predicted octanol–water partition coefficient (Wildman–Crippen LogP) is 1.72. The Hall–Kier alpha value is -0.160. The van der Waals surface area contributed by atoms with Crippen LogP contribution in [0.2, 0.25) is 4.47 Å². The molecule has 3 nitrogen and oxygen atoms in total. The Kier molecular flexibility index (Phi) is 3.38. The fourth-order valence-electron chi connectivity index (χ4n) is 1.93. The third-order valence-electron chi connectivity index (χ3n) is 2.66. The van der Waals surface area contributed by atoms with E-state index in [0.29, 0.717) is 10.5 Å². The molecule has 2 N–H and O–H groups in total. The lowest BCUT2D eigenvalue weighted by Crippen LogP contribution is -2.34. The molecule has 0 amide bonds. The fraction of sp³-hybridized carbons (Fsp3) is 0.667. The molecule has 14 heavy (non-hydrogen) atoms. The highest BCUT2D eigenvalue weighted by Crippen LogP contribution is 2.23. The van der Waals surface area contributed by atoms with Gasteiger partial charge < -0.3 is 5.73 Å². The molecule has 0 aliphatic carbocycles. The zero-order valence-electron chi connectivity index (χ0n) is 7.95. The number of hydrogen-bond donors (Lipinski definition) is 1. The number of thiazole rings is 1. The van der Waals surface area contributed by atoms with Crippen molar-refractivity contribution in [2.24, 2.45) is 5.73 Å². The minimum Gasteiger partial charge on any atom is -0.329 e. The molecule has 1 aromatic rings. The first-order chi connectivity index (χ1) is 6.79. The second-order valence-corrected chi connectivity index (χ2v) is 5.28. The van der Waals surface area contributed by atoms with Gasteiger partial charge in [0, 0.05) is 30.2 Å². The number of halogens is 1. The highest BCUT2D eigenvalue weighted by atomic mass is 35.5. The number of nitrogens with zero attached hydrogens (tertiary/aromatic N) is 2. The Morgan fingerprint density at radius 2 is 2.57 bits per heavy atom. The van der Waals surface area contributed by atoms with Crippen LogP contribution in [-0.2, 0) is 6.54 Å². The van der Waals surface area contributed by atoms with Crippen LogP contribution in [0.3, 0.4) is 0 Å². The maximum absolute atomic E-state index is 5.78. The first-order valence-electron chi connectivity index (χ1n) is 4.84. The summed E-state index contributed by atoms with van der Waals surface area (Å²) >= 11 is 7.34. The lowest BCUT2D eigenvalue weighted by Gasteiger charge is -2.21. The summed E-state index contributed by atoms with van der Waals surface area (Å²) in [6.07, 6.45) is 4.34. The molecule has 0 saturated carbocycles. The minimum absolute atomic E-state index is 0.552. The van der Waals surface area contributed by atoms with Crippen molar-refractivity contribution in [2.45, 2.75) is 25.4 Å². The van der Waals surface area contributed by atoms with E-state index >= 15 is 0 Å². The van der Waals surface area contributed by atoms with Gasteiger partial charge in [0.15, 0.2) is 4.47 Å². The molecule has 0 radical (unpaired) electrons. The van der Waals surface area contributed by atoms with Gasteiger partial charge in [-0.1, -0.05) is 11.6 Å². The standard InChI is InChI=1S/C9H14ClN3S/c10-9-12-5-8(14-9)6-13-3-1-2-7(13)4-11/h5,7H,1-4,6,11H2/t7-/m0/s1. The summed E-state index contributed by atoms with van der Waals surface area (Å²) in [4.78, 5) is 7.69. The first-order valence-corrected chi connectivity index (χ1v) is 6.03. The summed E-state index contributed by atoms with van der Waals surface area (Å²) in [5.41, 5.74) is 5.70. The van der Waals surface area contributed by atoms with Crippen LogP contribution in [-0.4, -0.2) is 29.0 Å². The summed E-state index contributed by atoms with van der Waals surface area (Å²) < 4.78 is 0.628. The molecule has 1 fully saturated rings. The van der Waals surface area contributed by atoms with E-state index in [9.17, 15) is 0 Å². The van der Waals surface area contributed by atoms with E-state index in [4.69, 9.17) is 17.3 Å². The van der Waals surface area contributed by atoms with E-state index in [2.05, 4.69) is 9.88 Å². The van der Waals surface area contributed by atoms with E-state index in [1.165, 1.54) is 17.7 Å². The number of likely N-dealkylation sites (tertiary alicyclic amines) is 1. The van der Waals surface area contributed by atoms with Crippen LogP contribution in [0.25, 0.3) is 0 Å². The summed E-state index contributed by atoms with van der Waals surface area (Å²) in [6.45, 7) is 2.86. The average Bonchev–Trinajstić information content (AvgIpc) is 2.76. The van der Waals surface area contributed by atoms with Crippen LogP contribution in [0.5, 0.6) is 0 Å². The molecule has 0 bridgehead atoms. The summed E-state index contributed by atoms with van der Waals surface area (Å²) in [7, 11) is 0. The monoisotopic (exact) mass is 231 g/mol. The van der Waals surface area contributed by atoms with Crippen LogP contribution >= 0.6 is 22.9 Å². The van der Waals surface area contributed by atoms with Crippen molar-refractivity contribution in [1.29, 1.82) is 0 Å². The fourth-order valence-corrected chi connectivity index (χ4v) is 2.93. The lowest BCUT2D eigenvalue weighted by atomic mass is 10.2. The van der Waals surface area contributed by atoms with Gasteiger partial charge in [-0.25, -0.2) is 4.98 Å². The first kappa shape index (κ1) is 10.4. The molecule has 2 heterocycles. The molecule has 5 heteroatoms. The second kappa shape index (κ2) is 4.57. The van der Waals surface area contributed by atoms with Crippen molar-refractivity contribution in [2.75, 3.05) is 13.1 Å². The van der Waals surface area contributed by atoms with E-state index < -0.39 is 0 Å². The van der Waals surface area contributed by atoms with Crippen molar-refractivity contribution in [1.82, 2.24) is 9.88 Å². The van der Waals surface area contributed by atoms with E-state index in [1.807, 2.05) is 6.20 Å². The van der Waals surface area contributed by atoms with Crippen LogP contribution in [0, 0.1) is 0 Å². The molecule has 1 aliphatic heterocycles. The average molecular weight is 232 g/mol.